The fourth-order valence-electron chi connectivity index (χ4n) is 0.342. The maximum atomic E-state index is 5.42. The Balaban J connectivity index is 3.15. The van der Waals surface area contributed by atoms with Crippen molar-refractivity contribution >= 4 is 40.9 Å². The summed E-state index contributed by atoms with van der Waals surface area (Å²) in [5.41, 5.74) is 0. The SMILES string of the molecule is CC(CCCl)OP(Cl)Cl. The van der Waals surface area contributed by atoms with Crippen LogP contribution in [-0.2, 0) is 4.52 Å². The van der Waals surface area contributed by atoms with E-state index in [1.54, 1.807) is 0 Å². The second-order valence-electron chi connectivity index (χ2n) is 1.60. The van der Waals surface area contributed by atoms with Gasteiger partial charge in [0.05, 0.1) is 6.10 Å². The lowest BCUT2D eigenvalue weighted by Crippen LogP contribution is -2.02. The van der Waals surface area contributed by atoms with Crippen molar-refractivity contribution in [2.24, 2.45) is 0 Å². The highest BCUT2D eigenvalue weighted by Crippen LogP contribution is 2.49. The van der Waals surface area contributed by atoms with Crippen LogP contribution in [0.3, 0.4) is 0 Å². The molecule has 0 spiro atoms. The molecule has 9 heavy (non-hydrogen) atoms. The molecule has 0 radical (unpaired) electrons. The van der Waals surface area contributed by atoms with Gasteiger partial charge in [0, 0.05) is 5.88 Å². The van der Waals surface area contributed by atoms with Crippen molar-refractivity contribution in [1.29, 1.82) is 0 Å². The van der Waals surface area contributed by atoms with Crippen LogP contribution in [0.4, 0.5) is 0 Å². The van der Waals surface area contributed by atoms with E-state index in [1.807, 2.05) is 6.92 Å². The zero-order chi connectivity index (χ0) is 7.28. The molecule has 1 atom stereocenters. The van der Waals surface area contributed by atoms with E-state index in [4.69, 9.17) is 38.6 Å². The molecule has 0 aromatic heterocycles. The summed E-state index contributed by atoms with van der Waals surface area (Å²) in [5.74, 6) is 0.581. The minimum atomic E-state index is -1.27. The Morgan fingerprint density at radius 2 is 2.11 bits per heavy atom. The Labute approximate surface area is 71.0 Å². The van der Waals surface area contributed by atoms with E-state index < -0.39 is 6.85 Å². The topological polar surface area (TPSA) is 9.23 Å². The molecule has 1 unspecified atom stereocenters. The molecule has 0 saturated carbocycles. The Kier molecular flexibility index (Phi) is 6.84. The number of halogens is 3. The number of hydrogen-bond donors (Lipinski definition) is 0. The van der Waals surface area contributed by atoms with Crippen LogP contribution in [0.2, 0.25) is 0 Å². The van der Waals surface area contributed by atoms with Gasteiger partial charge in [-0.2, -0.15) is 0 Å². The van der Waals surface area contributed by atoms with Gasteiger partial charge in [-0.25, -0.2) is 0 Å². The third-order valence-corrected chi connectivity index (χ3v) is 1.99. The fraction of sp³-hybridized carbons (Fsp3) is 1.00. The van der Waals surface area contributed by atoms with E-state index in [1.165, 1.54) is 0 Å². The lowest BCUT2D eigenvalue weighted by molar-refractivity contribution is 0.254. The van der Waals surface area contributed by atoms with E-state index in [0.717, 1.165) is 6.42 Å². The maximum Gasteiger partial charge on any atom is 0.225 e. The molecule has 56 valence electrons. The molecule has 0 fully saturated rings. The lowest BCUT2D eigenvalue weighted by Gasteiger charge is -2.09. The Morgan fingerprint density at radius 3 is 2.44 bits per heavy atom. The van der Waals surface area contributed by atoms with E-state index in [9.17, 15) is 0 Å². The second kappa shape index (κ2) is 6.00. The molecule has 0 heterocycles. The van der Waals surface area contributed by atoms with Crippen LogP contribution < -0.4 is 0 Å². The predicted octanol–water partition coefficient (Wildman–Crippen LogP) is 3.72. The summed E-state index contributed by atoms with van der Waals surface area (Å²) in [5, 5.41) is 0. The molecule has 0 rings (SSSR count). The minimum absolute atomic E-state index is 0.0728. The molecule has 0 bridgehead atoms. The van der Waals surface area contributed by atoms with Crippen LogP contribution in [0.1, 0.15) is 13.3 Å². The summed E-state index contributed by atoms with van der Waals surface area (Å²) in [7, 11) is 0. The zero-order valence-corrected chi connectivity index (χ0v) is 8.14. The minimum Gasteiger partial charge on any atom is -0.329 e. The number of alkyl halides is 1. The summed E-state index contributed by atoms with van der Waals surface area (Å²) in [6.45, 7) is 0.626. The molecule has 0 aliphatic carbocycles. The van der Waals surface area contributed by atoms with Gasteiger partial charge in [-0.05, 0) is 35.8 Å². The lowest BCUT2D eigenvalue weighted by atomic mass is 10.3. The third-order valence-electron chi connectivity index (χ3n) is 0.775. The zero-order valence-electron chi connectivity index (χ0n) is 4.98. The molecule has 0 N–H and O–H groups in total. The highest BCUT2D eigenvalue weighted by atomic mass is 35.9. The molecular weight excluding hydrogens is 201 g/mol. The van der Waals surface area contributed by atoms with Gasteiger partial charge in [-0.15, -0.1) is 11.6 Å². The van der Waals surface area contributed by atoms with Gasteiger partial charge >= 0.3 is 0 Å². The van der Waals surface area contributed by atoms with Gasteiger partial charge in [-0.3, -0.25) is 0 Å². The molecule has 0 saturated heterocycles. The van der Waals surface area contributed by atoms with Gasteiger partial charge in [-0.1, -0.05) is 0 Å². The molecule has 0 amide bonds. The highest BCUT2D eigenvalue weighted by molar-refractivity contribution is 8.00. The summed E-state index contributed by atoms with van der Waals surface area (Å²) in [4.78, 5) is 0. The van der Waals surface area contributed by atoms with Gasteiger partial charge in [0.15, 0.2) is 0 Å². The highest BCUT2D eigenvalue weighted by Gasteiger charge is 2.06. The van der Waals surface area contributed by atoms with Gasteiger partial charge in [0.2, 0.25) is 6.85 Å². The quantitative estimate of drug-likeness (QED) is 0.506. The summed E-state index contributed by atoms with van der Waals surface area (Å²) in [6, 6.07) is 0. The molecule has 0 aliphatic heterocycles. The first kappa shape index (κ1) is 10.3. The maximum absolute atomic E-state index is 5.42. The van der Waals surface area contributed by atoms with Gasteiger partial charge in [0.25, 0.3) is 0 Å². The Morgan fingerprint density at radius 1 is 1.56 bits per heavy atom. The average molecular weight is 209 g/mol. The van der Waals surface area contributed by atoms with Crippen molar-refractivity contribution in [3.8, 4) is 0 Å². The molecule has 1 nitrogen and oxygen atoms in total. The molecule has 5 heteroatoms. The molecule has 0 aromatic carbocycles. The van der Waals surface area contributed by atoms with Crippen LogP contribution >= 0.6 is 40.9 Å². The summed E-state index contributed by atoms with van der Waals surface area (Å²) < 4.78 is 5.00. The van der Waals surface area contributed by atoms with Crippen LogP contribution in [-0.4, -0.2) is 12.0 Å². The Hall–Kier alpha value is 1.26. The first-order valence-electron chi connectivity index (χ1n) is 2.51. The van der Waals surface area contributed by atoms with E-state index in [0.29, 0.717) is 5.88 Å². The molecule has 0 aromatic rings. The van der Waals surface area contributed by atoms with E-state index in [2.05, 4.69) is 0 Å². The smallest absolute Gasteiger partial charge is 0.225 e. The Bertz CT molecular complexity index is 70.8. The molecular formula is C4H8Cl3OP. The van der Waals surface area contributed by atoms with Crippen LogP contribution in [0.25, 0.3) is 0 Å². The van der Waals surface area contributed by atoms with Crippen LogP contribution in [0, 0.1) is 0 Å². The van der Waals surface area contributed by atoms with E-state index >= 15 is 0 Å². The van der Waals surface area contributed by atoms with Gasteiger partial charge in [0.1, 0.15) is 0 Å². The second-order valence-corrected chi connectivity index (χ2v) is 4.95. The molecule has 0 aliphatic rings. The normalized spacial score (nSPS) is 14.3. The largest absolute Gasteiger partial charge is 0.329 e. The standard InChI is InChI=1S/C4H8Cl3OP/c1-4(2-3-5)8-9(6)7/h4H,2-3H2,1H3. The van der Waals surface area contributed by atoms with Crippen molar-refractivity contribution in [2.45, 2.75) is 19.4 Å². The number of hydrogen-bond acceptors (Lipinski definition) is 1. The number of rotatable bonds is 4. The van der Waals surface area contributed by atoms with E-state index in [-0.39, 0.29) is 6.10 Å². The van der Waals surface area contributed by atoms with Crippen molar-refractivity contribution in [2.75, 3.05) is 5.88 Å². The first-order valence-corrected chi connectivity index (χ1v) is 6.11. The third kappa shape index (κ3) is 7.15. The van der Waals surface area contributed by atoms with Crippen molar-refractivity contribution in [3.05, 3.63) is 0 Å². The van der Waals surface area contributed by atoms with Gasteiger partial charge < -0.3 is 4.52 Å². The van der Waals surface area contributed by atoms with Crippen molar-refractivity contribution < 1.29 is 4.52 Å². The fourth-order valence-corrected chi connectivity index (χ4v) is 1.84. The monoisotopic (exact) mass is 208 g/mol. The summed E-state index contributed by atoms with van der Waals surface area (Å²) >= 11 is 16.2. The first-order chi connectivity index (χ1) is 4.16. The van der Waals surface area contributed by atoms with Crippen molar-refractivity contribution in [1.82, 2.24) is 0 Å². The predicted molar refractivity (Wildman–Crippen MR) is 44.5 cm³/mol. The summed E-state index contributed by atoms with van der Waals surface area (Å²) in [6.07, 6.45) is 0.864. The van der Waals surface area contributed by atoms with Crippen LogP contribution in [0.15, 0.2) is 0 Å². The van der Waals surface area contributed by atoms with Crippen LogP contribution in [0.5, 0.6) is 0 Å². The average Bonchev–Trinajstić information content (AvgIpc) is 1.63. The van der Waals surface area contributed by atoms with Crippen molar-refractivity contribution in [3.63, 3.8) is 0 Å².